The van der Waals surface area contributed by atoms with Crippen LogP contribution < -0.4 is 10.1 Å². The van der Waals surface area contributed by atoms with E-state index in [1.165, 1.54) is 0 Å². The van der Waals surface area contributed by atoms with Gasteiger partial charge < -0.3 is 10.1 Å². The van der Waals surface area contributed by atoms with E-state index in [0.717, 1.165) is 5.56 Å². The van der Waals surface area contributed by atoms with Crippen molar-refractivity contribution in [1.82, 2.24) is 5.32 Å². The first-order valence-electron chi connectivity index (χ1n) is 5.23. The van der Waals surface area contributed by atoms with Crippen LogP contribution in [-0.4, -0.2) is 19.6 Å². The molecule has 1 unspecified atom stereocenters. The van der Waals surface area contributed by atoms with E-state index in [9.17, 15) is 8.78 Å². The van der Waals surface area contributed by atoms with E-state index >= 15 is 0 Å². The highest BCUT2D eigenvalue weighted by molar-refractivity contribution is 5.85. The van der Waals surface area contributed by atoms with Gasteiger partial charge in [-0.2, -0.15) is 0 Å². The number of rotatable bonds is 2. The van der Waals surface area contributed by atoms with E-state index in [0.29, 0.717) is 5.75 Å². The lowest BCUT2D eigenvalue weighted by Gasteiger charge is -2.26. The van der Waals surface area contributed by atoms with Crippen LogP contribution in [0.1, 0.15) is 18.9 Å². The molecule has 1 aromatic carbocycles. The van der Waals surface area contributed by atoms with Gasteiger partial charge in [0.1, 0.15) is 5.75 Å². The van der Waals surface area contributed by atoms with Crippen LogP contribution in [0.2, 0.25) is 0 Å². The molecule has 0 aromatic heterocycles. The maximum atomic E-state index is 13.3. The lowest BCUT2D eigenvalue weighted by Crippen LogP contribution is -2.33. The first-order valence-corrected chi connectivity index (χ1v) is 5.23. The summed E-state index contributed by atoms with van der Waals surface area (Å²) in [5.74, 6) is -1.99. The number of ether oxygens (including phenoxy) is 1. The Morgan fingerprint density at radius 3 is 2.47 bits per heavy atom. The summed E-state index contributed by atoms with van der Waals surface area (Å²) < 4.78 is 31.7. The third kappa shape index (κ3) is 2.69. The fourth-order valence-corrected chi connectivity index (χ4v) is 2.26. The summed E-state index contributed by atoms with van der Waals surface area (Å²) in [4.78, 5) is 0. The monoisotopic (exact) mass is 263 g/mol. The van der Waals surface area contributed by atoms with E-state index in [-0.39, 0.29) is 25.4 Å². The van der Waals surface area contributed by atoms with Gasteiger partial charge in [-0.1, -0.05) is 18.2 Å². The number of nitrogens with one attached hydrogen (secondary N) is 1. The highest BCUT2D eigenvalue weighted by Gasteiger charge is 2.48. The molecule has 0 aliphatic carbocycles. The minimum absolute atomic E-state index is 0. The molecule has 2 rings (SSSR count). The molecule has 2 nitrogen and oxygen atoms in total. The van der Waals surface area contributed by atoms with Crippen molar-refractivity contribution in [3.8, 4) is 5.75 Å². The Morgan fingerprint density at radius 1 is 1.29 bits per heavy atom. The fraction of sp³-hybridized carbons (Fsp3) is 0.500. The van der Waals surface area contributed by atoms with Crippen molar-refractivity contribution in [2.24, 2.45) is 0 Å². The number of benzene rings is 1. The van der Waals surface area contributed by atoms with Crippen molar-refractivity contribution in [3.05, 3.63) is 29.8 Å². The lowest BCUT2D eigenvalue weighted by molar-refractivity contribution is 0.0164. The van der Waals surface area contributed by atoms with E-state index in [4.69, 9.17) is 4.74 Å². The number of hydrogen-bond acceptors (Lipinski definition) is 2. The van der Waals surface area contributed by atoms with Crippen molar-refractivity contribution < 1.29 is 13.5 Å². The Labute approximate surface area is 106 Å². The largest absolute Gasteiger partial charge is 0.496 e. The van der Waals surface area contributed by atoms with Crippen LogP contribution in [0.4, 0.5) is 8.78 Å². The van der Waals surface area contributed by atoms with Gasteiger partial charge >= 0.3 is 0 Å². The second-order valence-corrected chi connectivity index (χ2v) is 4.42. The molecule has 0 bridgehead atoms. The molecule has 0 spiro atoms. The molecule has 1 fully saturated rings. The summed E-state index contributed by atoms with van der Waals surface area (Å²) in [7, 11) is 1.55. The molecule has 1 N–H and O–H groups in total. The van der Waals surface area contributed by atoms with Gasteiger partial charge in [-0.05, 0) is 13.0 Å². The molecule has 0 radical (unpaired) electrons. The van der Waals surface area contributed by atoms with Gasteiger partial charge in [-0.15, -0.1) is 12.4 Å². The SMILES string of the molecule is COc1ccccc1C1(C)CC(F)(F)CN1.Cl. The van der Waals surface area contributed by atoms with Gasteiger partial charge in [0.15, 0.2) is 0 Å². The van der Waals surface area contributed by atoms with Crippen molar-refractivity contribution in [3.63, 3.8) is 0 Å². The molecule has 1 saturated heterocycles. The summed E-state index contributed by atoms with van der Waals surface area (Å²) in [5, 5.41) is 2.88. The van der Waals surface area contributed by atoms with Crippen LogP contribution in [0.25, 0.3) is 0 Å². The van der Waals surface area contributed by atoms with E-state index < -0.39 is 11.5 Å². The number of alkyl halides is 2. The van der Waals surface area contributed by atoms with Gasteiger partial charge in [-0.25, -0.2) is 8.78 Å². The molecule has 1 aliphatic rings. The minimum atomic E-state index is -2.64. The molecule has 1 heterocycles. The molecule has 5 heteroatoms. The van der Waals surface area contributed by atoms with Crippen LogP contribution >= 0.6 is 12.4 Å². The first kappa shape index (κ1) is 14.2. The highest BCUT2D eigenvalue weighted by atomic mass is 35.5. The number of hydrogen-bond donors (Lipinski definition) is 1. The van der Waals surface area contributed by atoms with Gasteiger partial charge in [-0.3, -0.25) is 0 Å². The predicted molar refractivity (Wildman–Crippen MR) is 65.2 cm³/mol. The van der Waals surface area contributed by atoms with E-state index in [1.807, 2.05) is 18.2 Å². The van der Waals surface area contributed by atoms with Gasteiger partial charge in [0, 0.05) is 12.0 Å². The molecule has 0 saturated carbocycles. The van der Waals surface area contributed by atoms with Crippen LogP contribution in [0.5, 0.6) is 5.75 Å². The van der Waals surface area contributed by atoms with Gasteiger partial charge in [0.2, 0.25) is 0 Å². The minimum Gasteiger partial charge on any atom is -0.496 e. The second-order valence-electron chi connectivity index (χ2n) is 4.42. The molecular weight excluding hydrogens is 248 g/mol. The molecule has 1 aromatic rings. The molecule has 1 aliphatic heterocycles. The van der Waals surface area contributed by atoms with Crippen molar-refractivity contribution in [2.75, 3.05) is 13.7 Å². The zero-order chi connectivity index (χ0) is 11.8. The van der Waals surface area contributed by atoms with Gasteiger partial charge in [0.05, 0.1) is 19.2 Å². The second kappa shape index (κ2) is 4.78. The molecular formula is C12H16ClF2NO. The molecule has 96 valence electrons. The third-order valence-corrected chi connectivity index (χ3v) is 3.05. The molecule has 0 amide bonds. The number of para-hydroxylation sites is 1. The summed E-state index contributed by atoms with van der Waals surface area (Å²) >= 11 is 0. The average molecular weight is 264 g/mol. The highest BCUT2D eigenvalue weighted by Crippen LogP contribution is 2.41. The van der Waals surface area contributed by atoms with E-state index in [2.05, 4.69) is 5.32 Å². The number of halogens is 3. The first-order chi connectivity index (χ1) is 7.47. The van der Waals surface area contributed by atoms with E-state index in [1.54, 1.807) is 20.1 Å². The Hall–Kier alpha value is -0.870. The van der Waals surface area contributed by atoms with Crippen LogP contribution in [0, 0.1) is 0 Å². The lowest BCUT2D eigenvalue weighted by atomic mass is 9.89. The Morgan fingerprint density at radius 2 is 1.94 bits per heavy atom. The predicted octanol–water partition coefficient (Wildman–Crippen LogP) is 2.96. The van der Waals surface area contributed by atoms with Crippen LogP contribution in [0.15, 0.2) is 24.3 Å². The summed E-state index contributed by atoms with van der Waals surface area (Å²) in [6.07, 6.45) is -0.194. The smallest absolute Gasteiger partial charge is 0.262 e. The van der Waals surface area contributed by atoms with Crippen molar-refractivity contribution >= 4 is 12.4 Å². The Bertz CT molecular complexity index is 400. The number of methoxy groups -OCH3 is 1. The van der Waals surface area contributed by atoms with Gasteiger partial charge in [0.25, 0.3) is 5.92 Å². The topological polar surface area (TPSA) is 21.3 Å². The fourth-order valence-electron chi connectivity index (χ4n) is 2.26. The maximum Gasteiger partial charge on any atom is 0.262 e. The zero-order valence-corrected chi connectivity index (χ0v) is 10.6. The quantitative estimate of drug-likeness (QED) is 0.886. The summed E-state index contributed by atoms with van der Waals surface area (Å²) in [5.41, 5.74) is 0.0745. The normalized spacial score (nSPS) is 26.4. The molecule has 1 atom stereocenters. The standard InChI is InChI=1S/C12H15F2NO.ClH/c1-11(7-12(13,14)8-15-11)9-5-3-4-6-10(9)16-2;/h3-6,15H,7-8H2,1-2H3;1H. The average Bonchev–Trinajstić information content (AvgIpc) is 2.54. The molecule has 17 heavy (non-hydrogen) atoms. The Kier molecular flexibility index (Phi) is 3.99. The zero-order valence-electron chi connectivity index (χ0n) is 9.80. The van der Waals surface area contributed by atoms with Crippen LogP contribution in [-0.2, 0) is 5.54 Å². The third-order valence-electron chi connectivity index (χ3n) is 3.05. The Balaban J connectivity index is 0.00000144. The van der Waals surface area contributed by atoms with Crippen LogP contribution in [0.3, 0.4) is 0 Å². The maximum absolute atomic E-state index is 13.3. The van der Waals surface area contributed by atoms with Crippen molar-refractivity contribution in [1.29, 1.82) is 0 Å². The summed E-state index contributed by atoms with van der Waals surface area (Å²) in [6, 6.07) is 7.28. The summed E-state index contributed by atoms with van der Waals surface area (Å²) in [6.45, 7) is 1.51. The van der Waals surface area contributed by atoms with Crippen molar-refractivity contribution in [2.45, 2.75) is 24.8 Å².